The Bertz CT molecular complexity index is 621. The van der Waals surface area contributed by atoms with Gasteiger partial charge in [-0.25, -0.2) is 4.79 Å². The van der Waals surface area contributed by atoms with Crippen molar-refractivity contribution < 1.29 is 29.4 Å². The quantitative estimate of drug-likeness (QED) is 0.167. The summed E-state index contributed by atoms with van der Waals surface area (Å²) in [6, 6.07) is -3.82. The molecule has 11 nitrogen and oxygen atoms in total. The fourth-order valence-corrected chi connectivity index (χ4v) is 3.36. The molecule has 0 radical (unpaired) electrons. The fourth-order valence-electron chi connectivity index (χ4n) is 3.36. The highest BCUT2D eigenvalue weighted by atomic mass is 16.4. The third-order valence-electron chi connectivity index (χ3n) is 5.25. The van der Waals surface area contributed by atoms with E-state index in [4.69, 9.17) is 5.73 Å². The van der Waals surface area contributed by atoms with E-state index in [9.17, 15) is 29.4 Å². The average Bonchev–Trinajstić information content (AvgIpc) is 3.23. The van der Waals surface area contributed by atoms with Gasteiger partial charge in [-0.3, -0.25) is 14.4 Å². The van der Waals surface area contributed by atoms with Gasteiger partial charge >= 0.3 is 5.97 Å². The van der Waals surface area contributed by atoms with Gasteiger partial charge in [-0.05, 0) is 58.0 Å². The Morgan fingerprint density at radius 3 is 2.16 bits per heavy atom. The minimum Gasteiger partial charge on any atom is -0.480 e. The summed E-state index contributed by atoms with van der Waals surface area (Å²) >= 11 is 0. The summed E-state index contributed by atoms with van der Waals surface area (Å²) in [7, 11) is 0. The lowest BCUT2D eigenvalue weighted by Crippen LogP contribution is -2.60. The van der Waals surface area contributed by atoms with Gasteiger partial charge in [0.2, 0.25) is 17.7 Å². The summed E-state index contributed by atoms with van der Waals surface area (Å²) in [5, 5.41) is 29.9. The van der Waals surface area contributed by atoms with Gasteiger partial charge < -0.3 is 37.2 Å². The molecule has 0 aliphatic carbocycles. The highest BCUT2D eigenvalue weighted by Crippen LogP contribution is 2.09. The number of amides is 3. The zero-order chi connectivity index (χ0) is 23.6. The van der Waals surface area contributed by atoms with Crippen molar-refractivity contribution in [3.8, 4) is 0 Å². The van der Waals surface area contributed by atoms with Crippen LogP contribution in [0.15, 0.2) is 0 Å². The molecule has 0 aromatic carbocycles. The molecule has 1 aliphatic heterocycles. The van der Waals surface area contributed by atoms with Crippen LogP contribution in [0.4, 0.5) is 0 Å². The number of hydrogen-bond acceptors (Lipinski definition) is 7. The second kappa shape index (κ2) is 13.2. The van der Waals surface area contributed by atoms with Crippen LogP contribution < -0.4 is 27.0 Å². The Hall–Kier alpha value is -2.24. The molecule has 3 amide bonds. The summed E-state index contributed by atoms with van der Waals surface area (Å²) in [6.45, 7) is 5.76. The number of hydrogen-bond donors (Lipinski definition) is 7. The van der Waals surface area contributed by atoms with Crippen molar-refractivity contribution in [1.82, 2.24) is 21.3 Å². The van der Waals surface area contributed by atoms with Gasteiger partial charge in [-0.2, -0.15) is 0 Å². The van der Waals surface area contributed by atoms with Crippen molar-refractivity contribution in [2.45, 2.75) is 83.1 Å². The first-order chi connectivity index (χ1) is 14.6. The Morgan fingerprint density at radius 2 is 1.68 bits per heavy atom. The summed E-state index contributed by atoms with van der Waals surface area (Å²) in [4.78, 5) is 49.3. The topological polar surface area (TPSA) is 183 Å². The van der Waals surface area contributed by atoms with Gasteiger partial charge in [0.25, 0.3) is 0 Å². The molecule has 1 aliphatic rings. The summed E-state index contributed by atoms with van der Waals surface area (Å²) in [5.41, 5.74) is 5.52. The van der Waals surface area contributed by atoms with Crippen LogP contribution >= 0.6 is 0 Å². The standard InChI is InChI=1S/C20H37N5O6/c1-11(2)15(20(30)31)24-19(29)16(12(3)26)25-18(28)14(7-4-5-9-21)23-17(27)13-8-6-10-22-13/h11-16,22,26H,4-10,21H2,1-3H3,(H,23,27)(H,24,29)(H,25,28)(H,30,31). The van der Waals surface area contributed by atoms with E-state index < -0.39 is 47.9 Å². The molecule has 1 fully saturated rings. The summed E-state index contributed by atoms with van der Waals surface area (Å²) in [6.07, 6.45) is 1.84. The monoisotopic (exact) mass is 443 g/mol. The molecule has 8 N–H and O–H groups in total. The number of unbranched alkanes of at least 4 members (excludes halogenated alkanes) is 1. The highest BCUT2D eigenvalue weighted by Gasteiger charge is 2.33. The second-order valence-corrected chi connectivity index (χ2v) is 8.29. The predicted molar refractivity (Wildman–Crippen MR) is 114 cm³/mol. The van der Waals surface area contributed by atoms with E-state index in [0.717, 1.165) is 13.0 Å². The molecular formula is C20H37N5O6. The van der Waals surface area contributed by atoms with Crippen molar-refractivity contribution >= 4 is 23.7 Å². The number of carboxylic acid groups (broad SMARTS) is 1. The maximum atomic E-state index is 12.9. The zero-order valence-electron chi connectivity index (χ0n) is 18.5. The van der Waals surface area contributed by atoms with Crippen LogP contribution in [-0.2, 0) is 19.2 Å². The molecule has 5 unspecified atom stereocenters. The first-order valence-electron chi connectivity index (χ1n) is 10.8. The van der Waals surface area contributed by atoms with Crippen LogP contribution in [0.3, 0.4) is 0 Å². The van der Waals surface area contributed by atoms with Gasteiger partial charge in [0.15, 0.2) is 0 Å². The van der Waals surface area contributed by atoms with Crippen LogP contribution in [0.5, 0.6) is 0 Å². The third kappa shape index (κ3) is 8.80. The van der Waals surface area contributed by atoms with Crippen LogP contribution in [0, 0.1) is 5.92 Å². The molecule has 0 bridgehead atoms. The number of carboxylic acids is 1. The fraction of sp³-hybridized carbons (Fsp3) is 0.800. The van der Waals surface area contributed by atoms with E-state index >= 15 is 0 Å². The molecule has 5 atom stereocenters. The average molecular weight is 444 g/mol. The SMILES string of the molecule is CC(C)C(NC(=O)C(NC(=O)C(CCCCN)NC(=O)C1CCCN1)C(C)O)C(=O)O. The third-order valence-corrected chi connectivity index (χ3v) is 5.25. The van der Waals surface area contributed by atoms with E-state index in [1.165, 1.54) is 6.92 Å². The van der Waals surface area contributed by atoms with E-state index in [2.05, 4.69) is 21.3 Å². The van der Waals surface area contributed by atoms with Crippen molar-refractivity contribution in [1.29, 1.82) is 0 Å². The van der Waals surface area contributed by atoms with E-state index in [1.807, 2.05) is 0 Å². The number of aliphatic hydroxyl groups excluding tert-OH is 1. The van der Waals surface area contributed by atoms with Crippen molar-refractivity contribution in [3.63, 3.8) is 0 Å². The molecule has 0 aromatic rings. The maximum Gasteiger partial charge on any atom is 0.326 e. The van der Waals surface area contributed by atoms with Crippen LogP contribution in [0.1, 0.15) is 52.9 Å². The number of rotatable bonds is 13. The van der Waals surface area contributed by atoms with E-state index in [0.29, 0.717) is 32.2 Å². The van der Waals surface area contributed by atoms with Gasteiger partial charge in [0.05, 0.1) is 12.1 Å². The van der Waals surface area contributed by atoms with Gasteiger partial charge in [-0.1, -0.05) is 13.8 Å². The van der Waals surface area contributed by atoms with Crippen molar-refractivity contribution in [2.24, 2.45) is 11.7 Å². The second-order valence-electron chi connectivity index (χ2n) is 8.29. The van der Waals surface area contributed by atoms with Crippen molar-refractivity contribution in [3.05, 3.63) is 0 Å². The number of nitrogens with two attached hydrogens (primary N) is 1. The largest absolute Gasteiger partial charge is 0.480 e. The first kappa shape index (κ1) is 26.8. The molecule has 1 saturated heterocycles. The van der Waals surface area contributed by atoms with E-state index in [-0.39, 0.29) is 11.9 Å². The zero-order valence-corrected chi connectivity index (χ0v) is 18.5. The smallest absolute Gasteiger partial charge is 0.326 e. The Kier molecular flexibility index (Phi) is 11.4. The van der Waals surface area contributed by atoms with Crippen LogP contribution in [-0.4, -0.2) is 77.3 Å². The minimum absolute atomic E-state index is 0.297. The Balaban J connectivity index is 2.87. The lowest BCUT2D eigenvalue weighted by atomic mass is 10.0. The van der Waals surface area contributed by atoms with Gasteiger partial charge in [0, 0.05) is 0 Å². The minimum atomic E-state index is -1.37. The molecule has 0 saturated carbocycles. The number of carbonyl (C=O) groups excluding carboxylic acids is 3. The lowest BCUT2D eigenvalue weighted by molar-refractivity contribution is -0.144. The molecule has 11 heteroatoms. The normalized spacial score (nSPS) is 19.9. The summed E-state index contributed by atoms with van der Waals surface area (Å²) in [5.74, 6) is -3.34. The Morgan fingerprint density at radius 1 is 1.03 bits per heavy atom. The number of aliphatic carboxylic acids is 1. The molecule has 31 heavy (non-hydrogen) atoms. The molecular weight excluding hydrogens is 406 g/mol. The molecule has 178 valence electrons. The summed E-state index contributed by atoms with van der Waals surface area (Å²) < 4.78 is 0. The van der Waals surface area contributed by atoms with Gasteiger partial charge in [0.1, 0.15) is 18.1 Å². The molecule has 0 spiro atoms. The number of nitrogens with one attached hydrogen (secondary N) is 4. The number of aliphatic hydroxyl groups is 1. The van der Waals surface area contributed by atoms with Crippen molar-refractivity contribution in [2.75, 3.05) is 13.1 Å². The molecule has 1 heterocycles. The van der Waals surface area contributed by atoms with E-state index in [1.54, 1.807) is 13.8 Å². The maximum absolute atomic E-state index is 12.9. The first-order valence-corrected chi connectivity index (χ1v) is 10.8. The van der Waals surface area contributed by atoms with Gasteiger partial charge in [-0.15, -0.1) is 0 Å². The van der Waals surface area contributed by atoms with Crippen LogP contribution in [0.25, 0.3) is 0 Å². The van der Waals surface area contributed by atoms with Crippen LogP contribution in [0.2, 0.25) is 0 Å². The molecule has 1 rings (SSSR count). The predicted octanol–water partition coefficient (Wildman–Crippen LogP) is -1.56. The number of carbonyl (C=O) groups is 4. The lowest BCUT2D eigenvalue weighted by Gasteiger charge is -2.27. The Labute approximate surface area is 182 Å². The highest BCUT2D eigenvalue weighted by molar-refractivity contribution is 5.94. The molecule has 0 aromatic heterocycles.